The van der Waals surface area contributed by atoms with Gasteiger partial charge in [-0.2, -0.15) is 5.10 Å². The van der Waals surface area contributed by atoms with Crippen molar-refractivity contribution in [2.24, 2.45) is 0 Å². The minimum absolute atomic E-state index is 0.147. The second-order valence-electron chi connectivity index (χ2n) is 5.90. The van der Waals surface area contributed by atoms with Crippen LogP contribution in [0.25, 0.3) is 0 Å². The molecule has 1 aromatic rings. The molecule has 0 amide bonds. The average Bonchev–Trinajstić information content (AvgIpc) is 2.92. The number of anilines is 1. The van der Waals surface area contributed by atoms with Crippen molar-refractivity contribution in [3.63, 3.8) is 0 Å². The second-order valence-corrected chi connectivity index (χ2v) is 5.90. The number of hydrogen-bond acceptors (Lipinski definition) is 5. The van der Waals surface area contributed by atoms with Gasteiger partial charge in [-0.1, -0.05) is 0 Å². The Balaban J connectivity index is 2.21. The smallest absolute Gasteiger partial charge is 0.194 e. The molecule has 0 aromatic carbocycles. The number of hydrogen-bond donors (Lipinski definition) is 1. The fraction of sp³-hybridized carbons (Fsp3) is 0.769. The summed E-state index contributed by atoms with van der Waals surface area (Å²) < 4.78 is 18.3. The van der Waals surface area contributed by atoms with Crippen molar-refractivity contribution in [1.82, 2.24) is 9.78 Å². The molecular weight excluding hydrogens is 246 g/mol. The Labute approximate surface area is 113 Å². The van der Waals surface area contributed by atoms with Gasteiger partial charge in [0.05, 0.1) is 11.2 Å². The maximum absolute atomic E-state index is 6.01. The predicted molar refractivity (Wildman–Crippen MR) is 71.7 cm³/mol. The molecule has 0 bridgehead atoms. The molecule has 1 aromatic heterocycles. The first-order chi connectivity index (χ1) is 8.81. The number of nitrogens with zero attached hydrogens (tertiary/aromatic N) is 2. The zero-order valence-corrected chi connectivity index (χ0v) is 12.3. The molecule has 6 nitrogen and oxygen atoms in total. The summed E-state index contributed by atoms with van der Waals surface area (Å²) in [5, 5.41) is 4.55. The first-order valence-corrected chi connectivity index (χ1v) is 6.39. The summed E-state index contributed by atoms with van der Waals surface area (Å²) in [6, 6.07) is 1.86. The highest BCUT2D eigenvalue weighted by Gasteiger charge is 2.42. The Bertz CT molecular complexity index is 446. The van der Waals surface area contributed by atoms with Crippen LogP contribution in [-0.2, 0) is 19.7 Å². The van der Waals surface area contributed by atoms with Crippen molar-refractivity contribution >= 4 is 5.82 Å². The number of ether oxygens (including phenoxy) is 3. The molecule has 1 saturated heterocycles. The lowest BCUT2D eigenvalue weighted by atomic mass is 10.1. The minimum atomic E-state index is -0.676. The highest BCUT2D eigenvalue weighted by molar-refractivity contribution is 5.33. The first-order valence-electron chi connectivity index (χ1n) is 6.39. The summed E-state index contributed by atoms with van der Waals surface area (Å²) in [4.78, 5) is 0. The SMILES string of the molecule is COC1(OC)COC(c2cc(N)n(C(C)(C)C)n2)C1. The minimum Gasteiger partial charge on any atom is -0.384 e. The van der Waals surface area contributed by atoms with Crippen LogP contribution in [0.4, 0.5) is 5.82 Å². The summed E-state index contributed by atoms with van der Waals surface area (Å²) in [5.74, 6) is -0.0382. The Hall–Kier alpha value is -1.11. The molecule has 6 heteroatoms. The van der Waals surface area contributed by atoms with Gasteiger partial charge in [0.1, 0.15) is 18.5 Å². The van der Waals surface area contributed by atoms with E-state index in [0.29, 0.717) is 18.8 Å². The molecule has 19 heavy (non-hydrogen) atoms. The Morgan fingerprint density at radius 2 is 2.05 bits per heavy atom. The maximum atomic E-state index is 6.01. The van der Waals surface area contributed by atoms with Crippen LogP contribution in [-0.4, -0.2) is 36.4 Å². The summed E-state index contributed by atoms with van der Waals surface area (Å²) in [6.07, 6.45) is 0.464. The van der Waals surface area contributed by atoms with Gasteiger partial charge in [0, 0.05) is 26.7 Å². The topological polar surface area (TPSA) is 71.5 Å². The molecule has 1 aliphatic rings. The normalized spacial score (nSPS) is 22.9. The molecule has 2 N–H and O–H groups in total. The van der Waals surface area contributed by atoms with Crippen LogP contribution in [0, 0.1) is 0 Å². The average molecular weight is 269 g/mol. The maximum Gasteiger partial charge on any atom is 0.194 e. The second kappa shape index (κ2) is 4.77. The molecule has 0 aliphatic carbocycles. The van der Waals surface area contributed by atoms with E-state index < -0.39 is 5.79 Å². The lowest BCUT2D eigenvalue weighted by Gasteiger charge is -2.23. The van der Waals surface area contributed by atoms with E-state index in [1.54, 1.807) is 14.2 Å². The van der Waals surface area contributed by atoms with E-state index in [4.69, 9.17) is 19.9 Å². The highest BCUT2D eigenvalue weighted by Crippen LogP contribution is 2.38. The number of aromatic nitrogens is 2. The van der Waals surface area contributed by atoms with E-state index in [2.05, 4.69) is 25.9 Å². The van der Waals surface area contributed by atoms with E-state index >= 15 is 0 Å². The van der Waals surface area contributed by atoms with Crippen molar-refractivity contribution in [3.8, 4) is 0 Å². The molecule has 1 aliphatic heterocycles. The van der Waals surface area contributed by atoms with E-state index in [0.717, 1.165) is 5.69 Å². The van der Waals surface area contributed by atoms with Crippen molar-refractivity contribution < 1.29 is 14.2 Å². The van der Waals surface area contributed by atoms with Crippen molar-refractivity contribution in [3.05, 3.63) is 11.8 Å². The fourth-order valence-corrected chi connectivity index (χ4v) is 2.30. The van der Waals surface area contributed by atoms with Gasteiger partial charge in [0.2, 0.25) is 0 Å². The molecule has 108 valence electrons. The van der Waals surface area contributed by atoms with Gasteiger partial charge in [-0.15, -0.1) is 0 Å². The van der Waals surface area contributed by atoms with Crippen LogP contribution in [0.2, 0.25) is 0 Å². The standard InChI is InChI=1S/C13H23N3O3/c1-12(2,3)16-11(14)6-9(15-16)10-7-13(17-4,18-5)8-19-10/h6,10H,7-8,14H2,1-5H3. The van der Waals surface area contributed by atoms with Crippen LogP contribution < -0.4 is 5.73 Å². The van der Waals surface area contributed by atoms with Gasteiger partial charge < -0.3 is 19.9 Å². The predicted octanol–water partition coefficient (Wildman–Crippen LogP) is 1.67. The number of nitrogens with two attached hydrogens (primary N) is 1. The van der Waals surface area contributed by atoms with E-state index in [1.807, 2.05) is 10.7 Å². The van der Waals surface area contributed by atoms with Crippen LogP contribution in [0.5, 0.6) is 0 Å². The third-order valence-corrected chi connectivity index (χ3v) is 3.47. The third kappa shape index (κ3) is 2.61. The molecule has 0 saturated carbocycles. The van der Waals surface area contributed by atoms with Crippen molar-refractivity contribution in [1.29, 1.82) is 0 Å². The highest BCUT2D eigenvalue weighted by atomic mass is 16.7. The summed E-state index contributed by atoms with van der Waals surface area (Å²) in [6.45, 7) is 6.58. The number of rotatable bonds is 3. The molecule has 1 fully saturated rings. The summed E-state index contributed by atoms with van der Waals surface area (Å²) >= 11 is 0. The summed E-state index contributed by atoms with van der Waals surface area (Å²) in [7, 11) is 3.24. The fourth-order valence-electron chi connectivity index (χ4n) is 2.30. The molecular formula is C13H23N3O3. The monoisotopic (exact) mass is 269 g/mol. The Morgan fingerprint density at radius 1 is 1.42 bits per heavy atom. The molecule has 1 unspecified atom stereocenters. The van der Waals surface area contributed by atoms with E-state index in [9.17, 15) is 0 Å². The molecule has 2 rings (SSSR count). The van der Waals surface area contributed by atoms with E-state index in [-0.39, 0.29) is 11.6 Å². The zero-order valence-electron chi connectivity index (χ0n) is 12.3. The third-order valence-electron chi connectivity index (χ3n) is 3.47. The Kier molecular flexibility index (Phi) is 3.59. The summed E-state index contributed by atoms with van der Waals surface area (Å²) in [5.41, 5.74) is 6.68. The van der Waals surface area contributed by atoms with Crippen LogP contribution >= 0.6 is 0 Å². The van der Waals surface area contributed by atoms with Gasteiger partial charge >= 0.3 is 0 Å². The van der Waals surface area contributed by atoms with Gasteiger partial charge in [0.15, 0.2) is 5.79 Å². The largest absolute Gasteiger partial charge is 0.384 e. The number of methoxy groups -OCH3 is 2. The van der Waals surface area contributed by atoms with Gasteiger partial charge in [0.25, 0.3) is 0 Å². The van der Waals surface area contributed by atoms with Crippen molar-refractivity contribution in [2.45, 2.75) is 44.6 Å². The zero-order chi connectivity index (χ0) is 14.3. The van der Waals surface area contributed by atoms with Crippen LogP contribution in [0.1, 0.15) is 39.0 Å². The lowest BCUT2D eigenvalue weighted by molar-refractivity contribution is -0.202. The molecule has 1 atom stereocenters. The quantitative estimate of drug-likeness (QED) is 0.845. The Morgan fingerprint density at radius 3 is 2.47 bits per heavy atom. The van der Waals surface area contributed by atoms with Crippen molar-refractivity contribution in [2.75, 3.05) is 26.6 Å². The van der Waals surface area contributed by atoms with Crippen LogP contribution in [0.3, 0.4) is 0 Å². The molecule has 2 heterocycles. The lowest BCUT2D eigenvalue weighted by Crippen LogP contribution is -2.33. The van der Waals surface area contributed by atoms with Gasteiger partial charge in [-0.05, 0) is 20.8 Å². The number of nitrogen functional groups attached to an aromatic ring is 1. The van der Waals surface area contributed by atoms with Crippen LogP contribution in [0.15, 0.2) is 6.07 Å². The van der Waals surface area contributed by atoms with E-state index in [1.165, 1.54) is 0 Å². The van der Waals surface area contributed by atoms with Gasteiger partial charge in [-0.25, -0.2) is 4.68 Å². The molecule has 0 radical (unpaired) electrons. The first kappa shape index (κ1) is 14.3. The molecule has 0 spiro atoms. The van der Waals surface area contributed by atoms with Gasteiger partial charge in [-0.3, -0.25) is 0 Å².